The van der Waals surface area contributed by atoms with Crippen LogP contribution in [-0.2, 0) is 24.1 Å². The molecule has 1 aromatic carbocycles. The molecule has 1 aliphatic heterocycles. The summed E-state index contributed by atoms with van der Waals surface area (Å²) in [4.78, 5) is 6.94. The van der Waals surface area contributed by atoms with Crippen LogP contribution in [0.4, 0.5) is 0 Å². The van der Waals surface area contributed by atoms with Crippen molar-refractivity contribution in [3.8, 4) is 0 Å². The fraction of sp³-hybridized carbons (Fsp3) is 0.556. The molecule has 1 aliphatic carbocycles. The largest absolute Gasteiger partial charge is 0.338 e. The van der Waals surface area contributed by atoms with E-state index < -0.39 is 0 Å². The molecule has 0 N–H and O–H groups in total. The van der Waals surface area contributed by atoms with Gasteiger partial charge >= 0.3 is 0 Å². The second-order valence-electron chi connectivity index (χ2n) is 6.75. The number of aromatic nitrogens is 2. The molecule has 0 atom stereocenters. The van der Waals surface area contributed by atoms with Crippen LogP contribution in [-0.4, -0.2) is 34.4 Å². The van der Waals surface area contributed by atoms with Gasteiger partial charge in [0.1, 0.15) is 0 Å². The number of hydrogen-bond donors (Lipinski definition) is 0. The maximum absolute atomic E-state index is 5.38. The van der Waals surface area contributed by atoms with E-state index in [1.54, 1.807) is 22.9 Å². The van der Waals surface area contributed by atoms with E-state index >= 15 is 0 Å². The van der Waals surface area contributed by atoms with Gasteiger partial charge in [-0.2, -0.15) is 16.7 Å². The highest BCUT2D eigenvalue weighted by Crippen LogP contribution is 2.46. The molecule has 2 aromatic rings. The average molecular weight is 329 g/mol. The number of rotatable bonds is 4. The summed E-state index contributed by atoms with van der Waals surface area (Å²) in [5, 5.41) is 4.04. The summed E-state index contributed by atoms with van der Waals surface area (Å²) in [6.45, 7) is 3.03. The molecule has 0 saturated carbocycles. The van der Waals surface area contributed by atoms with Crippen LogP contribution in [0.15, 0.2) is 28.8 Å². The van der Waals surface area contributed by atoms with Crippen LogP contribution in [0, 0.1) is 0 Å². The Bertz CT molecular complexity index is 676. The van der Waals surface area contributed by atoms with Gasteiger partial charge < -0.3 is 4.52 Å². The van der Waals surface area contributed by atoms with Gasteiger partial charge in [0.15, 0.2) is 5.82 Å². The summed E-state index contributed by atoms with van der Waals surface area (Å²) in [5.41, 5.74) is 3.60. The summed E-state index contributed by atoms with van der Waals surface area (Å²) < 4.78 is 5.38. The van der Waals surface area contributed by atoms with Crippen molar-refractivity contribution >= 4 is 11.8 Å². The van der Waals surface area contributed by atoms with E-state index in [0.29, 0.717) is 5.41 Å². The minimum absolute atomic E-state index is 0.423. The Hall–Kier alpha value is -1.33. The third-order valence-corrected chi connectivity index (χ3v) is 5.96. The van der Waals surface area contributed by atoms with Crippen LogP contribution in [0.25, 0.3) is 0 Å². The van der Waals surface area contributed by atoms with E-state index in [9.17, 15) is 0 Å². The highest BCUT2D eigenvalue weighted by atomic mass is 32.2. The van der Waals surface area contributed by atoms with E-state index in [1.807, 2.05) is 0 Å². The number of piperidine rings is 1. The van der Waals surface area contributed by atoms with Gasteiger partial charge in [-0.05, 0) is 61.6 Å². The summed E-state index contributed by atoms with van der Waals surface area (Å²) in [6, 6.07) is 9.03. The SMILES string of the molecule is CSCc1noc(CN2CCC3(CCc4ccccc43)CC2)n1. The summed E-state index contributed by atoms with van der Waals surface area (Å²) in [7, 11) is 0. The first-order valence-corrected chi connectivity index (χ1v) is 9.80. The molecular weight excluding hydrogens is 306 g/mol. The lowest BCUT2D eigenvalue weighted by Crippen LogP contribution is -2.41. The van der Waals surface area contributed by atoms with Crippen LogP contribution >= 0.6 is 11.8 Å². The minimum Gasteiger partial charge on any atom is -0.338 e. The Morgan fingerprint density at radius 3 is 2.87 bits per heavy atom. The molecule has 5 heteroatoms. The maximum atomic E-state index is 5.38. The second-order valence-corrected chi connectivity index (χ2v) is 7.62. The Kier molecular flexibility index (Phi) is 4.16. The van der Waals surface area contributed by atoms with Gasteiger partial charge in [-0.25, -0.2) is 0 Å². The number of aryl methyl sites for hydroxylation is 1. The van der Waals surface area contributed by atoms with Crippen LogP contribution in [0.5, 0.6) is 0 Å². The van der Waals surface area contributed by atoms with Crippen LogP contribution in [0.3, 0.4) is 0 Å². The number of hydrogen-bond acceptors (Lipinski definition) is 5. The van der Waals surface area contributed by atoms with E-state index in [-0.39, 0.29) is 0 Å². The zero-order chi connectivity index (χ0) is 15.7. The van der Waals surface area contributed by atoms with Gasteiger partial charge in [-0.15, -0.1) is 0 Å². The Labute approximate surface area is 141 Å². The average Bonchev–Trinajstić information content (AvgIpc) is 3.16. The molecule has 2 heterocycles. The molecule has 1 spiro atoms. The highest BCUT2D eigenvalue weighted by molar-refractivity contribution is 7.97. The van der Waals surface area contributed by atoms with Crippen LogP contribution < -0.4 is 0 Å². The van der Waals surface area contributed by atoms with Gasteiger partial charge in [0.25, 0.3) is 0 Å². The molecule has 23 heavy (non-hydrogen) atoms. The quantitative estimate of drug-likeness (QED) is 0.860. The number of likely N-dealkylation sites (tertiary alicyclic amines) is 1. The smallest absolute Gasteiger partial charge is 0.240 e. The zero-order valence-electron chi connectivity index (χ0n) is 13.6. The second kappa shape index (κ2) is 6.29. The maximum Gasteiger partial charge on any atom is 0.240 e. The van der Waals surface area contributed by atoms with Gasteiger partial charge in [0.05, 0.1) is 12.3 Å². The molecule has 0 radical (unpaired) electrons. The predicted molar refractivity (Wildman–Crippen MR) is 92.5 cm³/mol. The van der Waals surface area contributed by atoms with Gasteiger partial charge in [0, 0.05) is 0 Å². The summed E-state index contributed by atoms with van der Waals surface area (Å²) in [5.74, 6) is 2.39. The molecule has 1 aromatic heterocycles. The number of nitrogens with zero attached hydrogens (tertiary/aromatic N) is 3. The lowest BCUT2D eigenvalue weighted by molar-refractivity contribution is 0.138. The van der Waals surface area contributed by atoms with E-state index in [0.717, 1.165) is 37.1 Å². The van der Waals surface area contributed by atoms with Crippen molar-refractivity contribution in [2.45, 2.75) is 43.4 Å². The Morgan fingerprint density at radius 2 is 2.04 bits per heavy atom. The van der Waals surface area contributed by atoms with Crippen molar-refractivity contribution in [1.82, 2.24) is 15.0 Å². The molecule has 122 valence electrons. The highest BCUT2D eigenvalue weighted by Gasteiger charge is 2.40. The number of fused-ring (bicyclic) bond motifs is 2. The Balaban J connectivity index is 1.40. The fourth-order valence-electron chi connectivity index (χ4n) is 4.16. The lowest BCUT2D eigenvalue weighted by atomic mass is 9.74. The van der Waals surface area contributed by atoms with Crippen LogP contribution in [0.2, 0.25) is 0 Å². The normalized spacial score (nSPS) is 20.0. The number of benzene rings is 1. The number of thioether (sulfide) groups is 1. The standard InChI is InChI=1S/C18H23N3OS/c1-23-13-16-19-17(22-20-16)12-21-10-8-18(9-11-21)7-6-14-4-2-3-5-15(14)18/h2-5H,6-13H2,1H3. The molecule has 2 aliphatic rings. The van der Waals surface area contributed by atoms with E-state index in [4.69, 9.17) is 4.52 Å². The first-order valence-electron chi connectivity index (χ1n) is 8.40. The predicted octanol–water partition coefficient (Wildman–Crippen LogP) is 3.41. The zero-order valence-corrected chi connectivity index (χ0v) is 14.4. The fourth-order valence-corrected chi connectivity index (χ4v) is 4.53. The molecule has 0 amide bonds. The summed E-state index contributed by atoms with van der Waals surface area (Å²) in [6.07, 6.45) is 7.11. The minimum atomic E-state index is 0.423. The molecule has 1 saturated heterocycles. The molecular formula is C18H23N3OS. The lowest BCUT2D eigenvalue weighted by Gasteiger charge is -2.39. The monoisotopic (exact) mass is 329 g/mol. The molecule has 0 unspecified atom stereocenters. The van der Waals surface area contributed by atoms with Gasteiger partial charge in [0.2, 0.25) is 5.89 Å². The van der Waals surface area contributed by atoms with Crippen molar-refractivity contribution < 1.29 is 4.52 Å². The molecule has 0 bridgehead atoms. The third-order valence-electron chi connectivity index (χ3n) is 5.42. The molecule has 4 nitrogen and oxygen atoms in total. The van der Waals surface area contributed by atoms with Gasteiger partial charge in [-0.1, -0.05) is 29.4 Å². The van der Waals surface area contributed by atoms with Crippen molar-refractivity contribution in [3.63, 3.8) is 0 Å². The van der Waals surface area contributed by atoms with E-state index in [1.165, 1.54) is 25.7 Å². The summed E-state index contributed by atoms with van der Waals surface area (Å²) >= 11 is 1.72. The van der Waals surface area contributed by atoms with Crippen molar-refractivity contribution in [2.24, 2.45) is 0 Å². The third kappa shape index (κ3) is 2.92. The molecule has 4 rings (SSSR count). The Morgan fingerprint density at radius 1 is 1.22 bits per heavy atom. The van der Waals surface area contributed by atoms with Crippen molar-refractivity contribution in [2.75, 3.05) is 19.3 Å². The van der Waals surface area contributed by atoms with Crippen molar-refractivity contribution in [1.29, 1.82) is 0 Å². The van der Waals surface area contributed by atoms with Gasteiger partial charge in [-0.3, -0.25) is 4.90 Å². The molecule has 1 fully saturated rings. The first-order chi connectivity index (χ1) is 11.3. The van der Waals surface area contributed by atoms with E-state index in [2.05, 4.69) is 45.6 Å². The first kappa shape index (κ1) is 15.2. The van der Waals surface area contributed by atoms with Crippen LogP contribution in [0.1, 0.15) is 42.1 Å². The van der Waals surface area contributed by atoms with Crippen molar-refractivity contribution in [3.05, 3.63) is 47.1 Å². The topological polar surface area (TPSA) is 42.2 Å².